The average molecular weight is 402 g/mol. The summed E-state index contributed by atoms with van der Waals surface area (Å²) < 4.78 is 5.35. The molecule has 0 aliphatic rings. The summed E-state index contributed by atoms with van der Waals surface area (Å²) in [5.41, 5.74) is 3.63. The van der Waals surface area contributed by atoms with E-state index in [0.29, 0.717) is 11.3 Å². The van der Waals surface area contributed by atoms with Gasteiger partial charge >= 0.3 is 0 Å². The standard InChI is InChI=1S/C25H26N2O3/c1-4-22(20-13-7-5-10-17(20)2)26-25(29)23(16-19-12-9-15-30-19)27-24(28)21-14-8-6-11-18(21)3/h5-16,22H,4H2,1-3H3,(H,26,29)(H,27,28)/b23-16-. The first-order valence-corrected chi connectivity index (χ1v) is 9.98. The van der Waals surface area contributed by atoms with Crippen LogP contribution in [-0.2, 0) is 4.79 Å². The molecule has 0 fully saturated rings. The van der Waals surface area contributed by atoms with Crippen LogP contribution in [-0.4, -0.2) is 11.8 Å². The first-order chi connectivity index (χ1) is 14.5. The van der Waals surface area contributed by atoms with Gasteiger partial charge in [-0.2, -0.15) is 0 Å². The van der Waals surface area contributed by atoms with Crippen LogP contribution in [0, 0.1) is 13.8 Å². The van der Waals surface area contributed by atoms with Crippen LogP contribution >= 0.6 is 0 Å². The zero-order chi connectivity index (χ0) is 21.5. The van der Waals surface area contributed by atoms with Crippen molar-refractivity contribution in [1.82, 2.24) is 10.6 Å². The first-order valence-electron chi connectivity index (χ1n) is 9.98. The van der Waals surface area contributed by atoms with Crippen molar-refractivity contribution in [3.05, 3.63) is 101 Å². The smallest absolute Gasteiger partial charge is 0.268 e. The number of carbonyl (C=O) groups is 2. The van der Waals surface area contributed by atoms with E-state index in [1.54, 1.807) is 24.3 Å². The molecule has 2 amide bonds. The lowest BCUT2D eigenvalue weighted by molar-refractivity contribution is -0.118. The quantitative estimate of drug-likeness (QED) is 0.550. The number of carbonyl (C=O) groups excluding carboxylic acids is 2. The molecule has 2 aromatic carbocycles. The molecule has 5 heteroatoms. The van der Waals surface area contributed by atoms with Crippen LogP contribution in [0.25, 0.3) is 6.08 Å². The Kier molecular flexibility index (Phi) is 6.86. The monoisotopic (exact) mass is 402 g/mol. The van der Waals surface area contributed by atoms with Crippen LogP contribution in [0.2, 0.25) is 0 Å². The Balaban J connectivity index is 1.87. The number of benzene rings is 2. The zero-order valence-corrected chi connectivity index (χ0v) is 17.4. The molecule has 0 radical (unpaired) electrons. The SMILES string of the molecule is CCC(NC(=O)/C(=C/c1ccco1)NC(=O)c1ccccc1C)c1ccccc1C. The maximum absolute atomic E-state index is 13.1. The molecular weight excluding hydrogens is 376 g/mol. The lowest BCUT2D eigenvalue weighted by atomic mass is 9.99. The Bertz CT molecular complexity index is 1050. The van der Waals surface area contributed by atoms with Crippen molar-refractivity contribution >= 4 is 17.9 Å². The molecule has 3 rings (SSSR count). The van der Waals surface area contributed by atoms with Gasteiger partial charge < -0.3 is 15.1 Å². The van der Waals surface area contributed by atoms with E-state index in [9.17, 15) is 9.59 Å². The minimum absolute atomic E-state index is 0.130. The highest BCUT2D eigenvalue weighted by atomic mass is 16.3. The van der Waals surface area contributed by atoms with Gasteiger partial charge in [-0.1, -0.05) is 49.4 Å². The van der Waals surface area contributed by atoms with Crippen LogP contribution in [0.3, 0.4) is 0 Å². The molecule has 0 saturated carbocycles. The molecule has 2 N–H and O–H groups in total. The van der Waals surface area contributed by atoms with E-state index in [0.717, 1.165) is 23.1 Å². The van der Waals surface area contributed by atoms with Crippen molar-refractivity contribution in [3.63, 3.8) is 0 Å². The van der Waals surface area contributed by atoms with Gasteiger partial charge in [-0.05, 0) is 55.2 Å². The van der Waals surface area contributed by atoms with E-state index in [2.05, 4.69) is 10.6 Å². The molecule has 1 atom stereocenters. The number of nitrogens with one attached hydrogen (secondary N) is 2. The number of amides is 2. The fourth-order valence-corrected chi connectivity index (χ4v) is 3.30. The van der Waals surface area contributed by atoms with Crippen LogP contribution in [0.1, 0.15) is 52.2 Å². The Morgan fingerprint density at radius 1 is 0.967 bits per heavy atom. The second kappa shape index (κ2) is 9.74. The molecule has 154 valence electrons. The predicted octanol–water partition coefficient (Wildman–Crippen LogP) is 4.93. The zero-order valence-electron chi connectivity index (χ0n) is 17.4. The summed E-state index contributed by atoms with van der Waals surface area (Å²) in [4.78, 5) is 26.0. The van der Waals surface area contributed by atoms with Crippen LogP contribution in [0.5, 0.6) is 0 Å². The van der Waals surface area contributed by atoms with E-state index >= 15 is 0 Å². The number of rotatable bonds is 7. The van der Waals surface area contributed by atoms with Crippen LogP contribution in [0.15, 0.2) is 77.0 Å². The summed E-state index contributed by atoms with van der Waals surface area (Å²) in [5, 5.41) is 5.80. The highest BCUT2D eigenvalue weighted by Crippen LogP contribution is 2.21. The maximum atomic E-state index is 13.1. The first kappa shape index (κ1) is 21.1. The number of aryl methyl sites for hydroxylation is 2. The molecule has 0 saturated heterocycles. The second-order valence-electron chi connectivity index (χ2n) is 7.13. The number of hydrogen-bond donors (Lipinski definition) is 2. The highest BCUT2D eigenvalue weighted by Gasteiger charge is 2.20. The van der Waals surface area contributed by atoms with Gasteiger partial charge in [-0.25, -0.2) is 0 Å². The third-order valence-electron chi connectivity index (χ3n) is 4.99. The Labute approximate surface area is 176 Å². The van der Waals surface area contributed by atoms with Gasteiger partial charge in [-0.15, -0.1) is 0 Å². The number of furan rings is 1. The largest absolute Gasteiger partial charge is 0.465 e. The van der Waals surface area contributed by atoms with Crippen LogP contribution in [0.4, 0.5) is 0 Å². The van der Waals surface area contributed by atoms with Gasteiger partial charge in [0, 0.05) is 11.6 Å². The topological polar surface area (TPSA) is 71.3 Å². The Morgan fingerprint density at radius 2 is 1.67 bits per heavy atom. The molecular formula is C25H26N2O3. The highest BCUT2D eigenvalue weighted by molar-refractivity contribution is 6.05. The normalized spacial score (nSPS) is 12.3. The van der Waals surface area contributed by atoms with Crippen molar-refractivity contribution in [3.8, 4) is 0 Å². The van der Waals surface area contributed by atoms with Gasteiger partial charge in [0.1, 0.15) is 11.5 Å². The molecule has 1 heterocycles. The summed E-state index contributed by atoms with van der Waals surface area (Å²) in [6, 6.07) is 18.5. The van der Waals surface area contributed by atoms with Gasteiger partial charge in [0.25, 0.3) is 11.8 Å². The minimum Gasteiger partial charge on any atom is -0.465 e. The van der Waals surface area contributed by atoms with E-state index in [4.69, 9.17) is 4.42 Å². The lowest BCUT2D eigenvalue weighted by Gasteiger charge is -2.21. The Hall–Kier alpha value is -3.60. The Morgan fingerprint density at radius 3 is 2.30 bits per heavy atom. The van der Waals surface area contributed by atoms with E-state index in [1.165, 1.54) is 12.3 Å². The summed E-state index contributed by atoms with van der Waals surface area (Å²) in [6.07, 6.45) is 3.78. The molecule has 0 bridgehead atoms. The molecule has 5 nitrogen and oxygen atoms in total. The predicted molar refractivity (Wildman–Crippen MR) is 118 cm³/mol. The van der Waals surface area contributed by atoms with Gasteiger partial charge in [0.05, 0.1) is 12.3 Å². The van der Waals surface area contributed by atoms with Crippen molar-refractivity contribution in [1.29, 1.82) is 0 Å². The van der Waals surface area contributed by atoms with E-state index < -0.39 is 0 Å². The molecule has 1 unspecified atom stereocenters. The second-order valence-corrected chi connectivity index (χ2v) is 7.13. The molecule has 30 heavy (non-hydrogen) atoms. The summed E-state index contributed by atoms with van der Waals surface area (Å²) in [7, 11) is 0. The van der Waals surface area contributed by atoms with Crippen molar-refractivity contribution in [2.75, 3.05) is 0 Å². The lowest BCUT2D eigenvalue weighted by Crippen LogP contribution is -2.37. The van der Waals surface area contributed by atoms with E-state index in [1.807, 2.05) is 57.2 Å². The summed E-state index contributed by atoms with van der Waals surface area (Å²) >= 11 is 0. The number of hydrogen-bond acceptors (Lipinski definition) is 3. The average Bonchev–Trinajstić information content (AvgIpc) is 3.25. The molecule has 1 aromatic heterocycles. The molecule has 0 spiro atoms. The van der Waals surface area contributed by atoms with Gasteiger partial charge in [0.2, 0.25) is 0 Å². The van der Waals surface area contributed by atoms with Crippen LogP contribution < -0.4 is 10.6 Å². The van der Waals surface area contributed by atoms with Crippen molar-refractivity contribution in [2.24, 2.45) is 0 Å². The van der Waals surface area contributed by atoms with Crippen molar-refractivity contribution < 1.29 is 14.0 Å². The van der Waals surface area contributed by atoms with Crippen molar-refractivity contribution in [2.45, 2.75) is 33.2 Å². The summed E-state index contributed by atoms with van der Waals surface area (Å²) in [5.74, 6) is -0.234. The summed E-state index contributed by atoms with van der Waals surface area (Å²) in [6.45, 7) is 5.89. The minimum atomic E-state index is -0.372. The molecule has 3 aromatic rings. The fraction of sp³-hybridized carbons (Fsp3) is 0.200. The maximum Gasteiger partial charge on any atom is 0.268 e. The third kappa shape index (κ3) is 5.06. The molecule has 0 aliphatic carbocycles. The fourth-order valence-electron chi connectivity index (χ4n) is 3.30. The van der Waals surface area contributed by atoms with Gasteiger partial charge in [0.15, 0.2) is 0 Å². The van der Waals surface area contributed by atoms with Gasteiger partial charge in [-0.3, -0.25) is 9.59 Å². The molecule has 0 aliphatic heterocycles. The third-order valence-corrected chi connectivity index (χ3v) is 4.99. The van der Waals surface area contributed by atoms with E-state index in [-0.39, 0.29) is 23.6 Å².